The molecule has 102 valence electrons. The standard InChI is InChI=1S/C16H19BrOS/c1-15-5-10-4-11(6-15)8-16(7-10,9-15)14(18)13-12(17)2-3-19-13/h2-3,10-11H,4-9H2,1H3. The van der Waals surface area contributed by atoms with Gasteiger partial charge in [-0.05, 0) is 83.2 Å². The first kappa shape index (κ1) is 12.6. The molecule has 1 aromatic rings. The lowest BCUT2D eigenvalue weighted by Gasteiger charge is -2.60. The molecule has 0 radical (unpaired) electrons. The molecule has 4 aliphatic rings. The number of ketones is 1. The second-order valence-electron chi connectivity index (χ2n) is 7.48. The van der Waals surface area contributed by atoms with E-state index in [1.54, 1.807) is 11.3 Å². The minimum Gasteiger partial charge on any atom is -0.293 e. The number of carbonyl (C=O) groups is 1. The zero-order chi connectivity index (χ0) is 13.3. The van der Waals surface area contributed by atoms with Crippen molar-refractivity contribution >= 4 is 33.0 Å². The van der Waals surface area contributed by atoms with E-state index in [9.17, 15) is 4.79 Å². The zero-order valence-corrected chi connectivity index (χ0v) is 13.6. The molecule has 2 atom stereocenters. The molecule has 0 spiro atoms. The van der Waals surface area contributed by atoms with Crippen molar-refractivity contribution in [3.05, 3.63) is 20.8 Å². The Labute approximate surface area is 126 Å². The van der Waals surface area contributed by atoms with Crippen molar-refractivity contribution in [3.8, 4) is 0 Å². The maximum absolute atomic E-state index is 13.1. The maximum Gasteiger partial charge on any atom is 0.180 e. The molecule has 4 aliphatic carbocycles. The van der Waals surface area contributed by atoms with Gasteiger partial charge in [-0.2, -0.15) is 0 Å². The normalized spacial score (nSPS) is 43.7. The highest BCUT2D eigenvalue weighted by atomic mass is 79.9. The number of Topliss-reactive ketones (excluding diaryl/α,β-unsaturated/α-hetero) is 1. The molecule has 19 heavy (non-hydrogen) atoms. The molecule has 4 saturated carbocycles. The van der Waals surface area contributed by atoms with Crippen LogP contribution in [0.4, 0.5) is 0 Å². The molecule has 3 heteroatoms. The van der Waals surface area contributed by atoms with Crippen LogP contribution in [0, 0.1) is 22.7 Å². The quantitative estimate of drug-likeness (QED) is 0.668. The van der Waals surface area contributed by atoms with Crippen molar-refractivity contribution in [3.63, 3.8) is 0 Å². The second-order valence-corrected chi connectivity index (χ2v) is 9.25. The third-order valence-electron chi connectivity index (χ3n) is 5.66. The van der Waals surface area contributed by atoms with E-state index in [1.807, 2.05) is 11.4 Å². The molecule has 0 aromatic carbocycles. The second kappa shape index (κ2) is 3.94. The zero-order valence-electron chi connectivity index (χ0n) is 11.2. The Morgan fingerprint density at radius 2 is 2.00 bits per heavy atom. The molecular formula is C16H19BrOS. The SMILES string of the molecule is CC12CC3CC(C1)CC(C(=O)c1sccc1Br)(C3)C2. The molecule has 1 aromatic heterocycles. The number of halogens is 1. The molecule has 5 rings (SSSR count). The fourth-order valence-electron chi connectivity index (χ4n) is 5.68. The van der Waals surface area contributed by atoms with Crippen LogP contribution in [0.3, 0.4) is 0 Å². The largest absolute Gasteiger partial charge is 0.293 e. The molecular weight excluding hydrogens is 320 g/mol. The Hall–Kier alpha value is -0.150. The van der Waals surface area contributed by atoms with Crippen molar-refractivity contribution in [2.75, 3.05) is 0 Å². The van der Waals surface area contributed by atoms with Gasteiger partial charge < -0.3 is 0 Å². The van der Waals surface area contributed by atoms with E-state index in [0.29, 0.717) is 11.2 Å². The highest BCUT2D eigenvalue weighted by Gasteiger charge is 2.58. The molecule has 4 fully saturated rings. The van der Waals surface area contributed by atoms with Gasteiger partial charge >= 0.3 is 0 Å². The summed E-state index contributed by atoms with van der Waals surface area (Å²) in [7, 11) is 0. The van der Waals surface area contributed by atoms with Gasteiger partial charge in [-0.3, -0.25) is 4.79 Å². The molecule has 0 saturated heterocycles. The Bertz CT molecular complexity index is 533. The Balaban J connectivity index is 1.74. The Kier molecular flexibility index (Phi) is 2.61. The summed E-state index contributed by atoms with van der Waals surface area (Å²) >= 11 is 5.16. The summed E-state index contributed by atoms with van der Waals surface area (Å²) in [5.41, 5.74) is 0.426. The van der Waals surface area contributed by atoms with Crippen LogP contribution in [0.5, 0.6) is 0 Å². The number of hydrogen-bond acceptors (Lipinski definition) is 2. The van der Waals surface area contributed by atoms with Gasteiger partial charge in [0.15, 0.2) is 5.78 Å². The summed E-state index contributed by atoms with van der Waals surface area (Å²) in [4.78, 5) is 14.1. The van der Waals surface area contributed by atoms with Gasteiger partial charge in [-0.15, -0.1) is 11.3 Å². The van der Waals surface area contributed by atoms with Crippen LogP contribution >= 0.6 is 27.3 Å². The van der Waals surface area contributed by atoms with Crippen LogP contribution in [-0.2, 0) is 0 Å². The van der Waals surface area contributed by atoms with Crippen LogP contribution in [0.1, 0.15) is 55.1 Å². The van der Waals surface area contributed by atoms with Crippen molar-refractivity contribution < 1.29 is 4.79 Å². The Morgan fingerprint density at radius 3 is 2.53 bits per heavy atom. The lowest BCUT2D eigenvalue weighted by atomic mass is 9.44. The van der Waals surface area contributed by atoms with Gasteiger partial charge in [0.25, 0.3) is 0 Å². The van der Waals surface area contributed by atoms with E-state index < -0.39 is 0 Å². The summed E-state index contributed by atoms with van der Waals surface area (Å²) < 4.78 is 1.00. The number of rotatable bonds is 2. The van der Waals surface area contributed by atoms with Crippen LogP contribution in [0.15, 0.2) is 15.9 Å². The third-order valence-corrected chi connectivity index (χ3v) is 7.50. The van der Waals surface area contributed by atoms with Crippen molar-refractivity contribution in [2.45, 2.75) is 45.4 Å². The average molecular weight is 339 g/mol. The van der Waals surface area contributed by atoms with E-state index in [1.165, 1.54) is 19.3 Å². The minimum absolute atomic E-state index is 0.0216. The molecule has 0 amide bonds. The highest BCUT2D eigenvalue weighted by Crippen LogP contribution is 2.66. The molecule has 0 N–H and O–H groups in total. The Morgan fingerprint density at radius 1 is 1.32 bits per heavy atom. The van der Waals surface area contributed by atoms with Crippen LogP contribution < -0.4 is 0 Å². The van der Waals surface area contributed by atoms with Crippen molar-refractivity contribution in [2.24, 2.45) is 22.7 Å². The maximum atomic E-state index is 13.1. The van der Waals surface area contributed by atoms with E-state index in [2.05, 4.69) is 22.9 Å². The highest BCUT2D eigenvalue weighted by molar-refractivity contribution is 9.10. The average Bonchev–Trinajstić information content (AvgIpc) is 2.71. The molecule has 2 unspecified atom stereocenters. The summed E-state index contributed by atoms with van der Waals surface area (Å²) in [6, 6.07) is 2.01. The van der Waals surface area contributed by atoms with E-state index in [4.69, 9.17) is 0 Å². The summed E-state index contributed by atoms with van der Waals surface area (Å²) in [5.74, 6) is 2.07. The molecule has 1 heterocycles. The number of carbonyl (C=O) groups excluding carboxylic acids is 1. The first-order valence-electron chi connectivity index (χ1n) is 7.28. The van der Waals surface area contributed by atoms with Crippen LogP contribution in [0.2, 0.25) is 0 Å². The topological polar surface area (TPSA) is 17.1 Å². The number of hydrogen-bond donors (Lipinski definition) is 0. The predicted octanol–water partition coefficient (Wildman–Crippen LogP) is 5.30. The van der Waals surface area contributed by atoms with Crippen molar-refractivity contribution in [1.29, 1.82) is 0 Å². The van der Waals surface area contributed by atoms with Crippen LogP contribution in [-0.4, -0.2) is 5.78 Å². The first-order valence-corrected chi connectivity index (χ1v) is 8.95. The summed E-state index contributed by atoms with van der Waals surface area (Å²) in [6.45, 7) is 2.43. The monoisotopic (exact) mass is 338 g/mol. The fraction of sp³-hybridized carbons (Fsp3) is 0.688. The predicted molar refractivity (Wildman–Crippen MR) is 81.6 cm³/mol. The molecule has 1 nitrogen and oxygen atoms in total. The fourth-order valence-corrected chi connectivity index (χ4v) is 7.29. The van der Waals surface area contributed by atoms with E-state index >= 15 is 0 Å². The minimum atomic E-state index is -0.0216. The third kappa shape index (κ3) is 1.80. The smallest absolute Gasteiger partial charge is 0.180 e. The number of thiophene rings is 1. The van der Waals surface area contributed by atoms with E-state index in [-0.39, 0.29) is 5.41 Å². The summed E-state index contributed by atoms with van der Waals surface area (Å²) in [6.07, 6.45) is 7.56. The van der Waals surface area contributed by atoms with Gasteiger partial charge in [0.2, 0.25) is 0 Å². The lowest BCUT2D eigenvalue weighted by molar-refractivity contribution is -0.0819. The molecule has 0 aliphatic heterocycles. The first-order chi connectivity index (χ1) is 9.00. The van der Waals surface area contributed by atoms with Gasteiger partial charge in [0, 0.05) is 9.89 Å². The van der Waals surface area contributed by atoms with Crippen LogP contribution in [0.25, 0.3) is 0 Å². The van der Waals surface area contributed by atoms with E-state index in [0.717, 1.165) is 40.4 Å². The summed E-state index contributed by atoms with van der Waals surface area (Å²) in [5, 5.41) is 2.03. The van der Waals surface area contributed by atoms with Gasteiger partial charge in [0.1, 0.15) is 0 Å². The van der Waals surface area contributed by atoms with Gasteiger partial charge in [0.05, 0.1) is 4.88 Å². The molecule has 4 bridgehead atoms. The van der Waals surface area contributed by atoms with Gasteiger partial charge in [-0.1, -0.05) is 6.92 Å². The lowest BCUT2D eigenvalue weighted by Crippen LogP contribution is -2.53. The van der Waals surface area contributed by atoms with Gasteiger partial charge in [-0.25, -0.2) is 0 Å². The van der Waals surface area contributed by atoms with Crippen molar-refractivity contribution in [1.82, 2.24) is 0 Å².